The number of hydrogen-bond donors (Lipinski definition) is 2. The first-order valence-electron chi connectivity index (χ1n) is 7.48. The van der Waals surface area contributed by atoms with Crippen LogP contribution >= 0.6 is 0 Å². The molecule has 2 heterocycles. The van der Waals surface area contributed by atoms with Crippen LogP contribution in [0.5, 0.6) is 11.6 Å². The summed E-state index contributed by atoms with van der Waals surface area (Å²) in [4.78, 5) is 4.05. The Hall–Kier alpha value is -1.92. The molecule has 6 heteroatoms. The molecule has 2 aromatic rings. The van der Waals surface area contributed by atoms with Gasteiger partial charge in [-0.2, -0.15) is 5.10 Å². The molecule has 22 heavy (non-hydrogen) atoms. The summed E-state index contributed by atoms with van der Waals surface area (Å²) in [6.07, 6.45) is 3.01. The fourth-order valence-electron chi connectivity index (χ4n) is 2.11. The third-order valence-corrected chi connectivity index (χ3v) is 3.56. The molecule has 0 aliphatic carbocycles. The summed E-state index contributed by atoms with van der Waals surface area (Å²) in [6, 6.07) is 3.69. The van der Waals surface area contributed by atoms with Gasteiger partial charge in [0.1, 0.15) is 5.75 Å². The maximum absolute atomic E-state index is 9.86. The third-order valence-electron chi connectivity index (χ3n) is 3.56. The lowest BCUT2D eigenvalue weighted by Crippen LogP contribution is -2.30. The first-order chi connectivity index (χ1) is 10.5. The molecule has 1 unspecified atom stereocenters. The number of aromatic nitrogens is 3. The molecule has 2 rings (SSSR count). The molecule has 6 nitrogen and oxygen atoms in total. The van der Waals surface area contributed by atoms with Gasteiger partial charge in [-0.25, -0.2) is 4.68 Å². The van der Waals surface area contributed by atoms with Crippen molar-refractivity contribution < 1.29 is 9.84 Å². The summed E-state index contributed by atoms with van der Waals surface area (Å²) < 4.78 is 7.62. The van der Waals surface area contributed by atoms with Crippen LogP contribution in [0, 0.1) is 12.8 Å². The molecule has 0 aromatic carbocycles. The molecule has 0 radical (unpaired) electrons. The molecular formula is C16H24N4O2. The predicted octanol–water partition coefficient (Wildman–Crippen LogP) is 2.02. The number of aliphatic hydroxyl groups is 1. The van der Waals surface area contributed by atoms with Gasteiger partial charge < -0.3 is 15.2 Å². The van der Waals surface area contributed by atoms with E-state index in [0.717, 1.165) is 11.3 Å². The van der Waals surface area contributed by atoms with Gasteiger partial charge in [-0.15, -0.1) is 0 Å². The Bertz CT molecular complexity index is 596. The summed E-state index contributed by atoms with van der Waals surface area (Å²) in [5.74, 6) is 1.60. The molecule has 0 saturated carbocycles. The van der Waals surface area contributed by atoms with Gasteiger partial charge in [0.05, 0.1) is 23.6 Å². The average Bonchev–Trinajstić information content (AvgIpc) is 2.75. The van der Waals surface area contributed by atoms with E-state index in [1.807, 2.05) is 40.0 Å². The van der Waals surface area contributed by atoms with E-state index in [-0.39, 0.29) is 12.0 Å². The fourth-order valence-corrected chi connectivity index (χ4v) is 2.11. The molecule has 0 fully saturated rings. The lowest BCUT2D eigenvalue weighted by molar-refractivity contribution is 0.123. The van der Waals surface area contributed by atoms with E-state index >= 15 is 0 Å². The van der Waals surface area contributed by atoms with Crippen molar-refractivity contribution in [3.8, 4) is 11.6 Å². The van der Waals surface area contributed by atoms with Crippen LogP contribution in [-0.2, 0) is 13.6 Å². The maximum Gasteiger partial charge on any atom is 0.222 e. The number of nitrogens with zero attached hydrogens (tertiary/aromatic N) is 3. The van der Waals surface area contributed by atoms with Crippen molar-refractivity contribution in [2.45, 2.75) is 33.4 Å². The Morgan fingerprint density at radius 3 is 2.82 bits per heavy atom. The topological polar surface area (TPSA) is 72.2 Å². The molecular weight excluding hydrogens is 280 g/mol. The molecule has 0 bridgehead atoms. The zero-order chi connectivity index (χ0) is 16.1. The van der Waals surface area contributed by atoms with Crippen molar-refractivity contribution in [3.63, 3.8) is 0 Å². The maximum atomic E-state index is 9.86. The zero-order valence-corrected chi connectivity index (χ0v) is 13.6. The Morgan fingerprint density at radius 2 is 2.18 bits per heavy atom. The zero-order valence-electron chi connectivity index (χ0n) is 13.6. The quantitative estimate of drug-likeness (QED) is 0.819. The summed E-state index contributed by atoms with van der Waals surface area (Å²) in [7, 11) is 1.85. The first kappa shape index (κ1) is 16.5. The van der Waals surface area contributed by atoms with Gasteiger partial charge in [-0.1, -0.05) is 13.8 Å². The van der Waals surface area contributed by atoms with Gasteiger partial charge in [-0.3, -0.25) is 4.98 Å². The van der Waals surface area contributed by atoms with Crippen LogP contribution in [0.1, 0.15) is 25.1 Å². The van der Waals surface area contributed by atoms with Gasteiger partial charge in [-0.05, 0) is 25.0 Å². The largest absolute Gasteiger partial charge is 0.437 e. The van der Waals surface area contributed by atoms with Gasteiger partial charge in [0.15, 0.2) is 0 Å². The second kappa shape index (κ2) is 7.38. The summed E-state index contributed by atoms with van der Waals surface area (Å²) in [5, 5.41) is 17.5. The highest BCUT2D eigenvalue weighted by Crippen LogP contribution is 2.26. The summed E-state index contributed by atoms with van der Waals surface area (Å²) >= 11 is 0. The number of pyridine rings is 1. The lowest BCUT2D eigenvalue weighted by atomic mass is 10.1. The van der Waals surface area contributed by atoms with Gasteiger partial charge >= 0.3 is 0 Å². The van der Waals surface area contributed by atoms with E-state index in [0.29, 0.717) is 24.7 Å². The highest BCUT2D eigenvalue weighted by molar-refractivity contribution is 5.34. The highest BCUT2D eigenvalue weighted by atomic mass is 16.5. The molecule has 2 aromatic heterocycles. The second-order valence-electron chi connectivity index (χ2n) is 5.73. The summed E-state index contributed by atoms with van der Waals surface area (Å²) in [5.41, 5.74) is 1.90. The van der Waals surface area contributed by atoms with E-state index in [9.17, 15) is 5.11 Å². The molecule has 0 spiro atoms. The molecule has 0 amide bonds. The second-order valence-corrected chi connectivity index (χ2v) is 5.73. The number of aliphatic hydroxyl groups excluding tert-OH is 1. The van der Waals surface area contributed by atoms with Gasteiger partial charge in [0.25, 0.3) is 0 Å². The van der Waals surface area contributed by atoms with E-state index in [2.05, 4.69) is 15.4 Å². The van der Waals surface area contributed by atoms with Crippen LogP contribution in [0.4, 0.5) is 0 Å². The number of nitrogens with one attached hydrogen (secondary N) is 1. The van der Waals surface area contributed by atoms with Crippen LogP contribution in [0.25, 0.3) is 0 Å². The van der Waals surface area contributed by atoms with Crippen molar-refractivity contribution in [3.05, 3.63) is 35.8 Å². The minimum absolute atomic E-state index is 0.230. The summed E-state index contributed by atoms with van der Waals surface area (Å²) in [6.45, 7) is 7.08. The van der Waals surface area contributed by atoms with Gasteiger partial charge in [0.2, 0.25) is 5.88 Å². The minimum atomic E-state index is -0.361. The first-order valence-corrected chi connectivity index (χ1v) is 7.48. The number of ether oxygens (including phenoxy) is 1. The highest BCUT2D eigenvalue weighted by Gasteiger charge is 2.16. The van der Waals surface area contributed by atoms with E-state index in [1.54, 1.807) is 17.1 Å². The Kier molecular flexibility index (Phi) is 5.51. The molecule has 0 saturated heterocycles. The van der Waals surface area contributed by atoms with Crippen LogP contribution in [0.15, 0.2) is 24.5 Å². The number of aryl methyl sites for hydroxylation is 2. The van der Waals surface area contributed by atoms with E-state index in [1.165, 1.54) is 0 Å². The lowest BCUT2D eigenvalue weighted by Gasteiger charge is -2.15. The van der Waals surface area contributed by atoms with E-state index < -0.39 is 0 Å². The normalized spacial score (nSPS) is 12.6. The SMILES string of the molecule is Cc1nn(C)c(Oc2cccnc2)c1CNCC(O)C(C)C. The average molecular weight is 304 g/mol. The number of hydrogen-bond acceptors (Lipinski definition) is 5. The third kappa shape index (κ3) is 4.05. The van der Waals surface area contributed by atoms with Crippen LogP contribution in [0.3, 0.4) is 0 Å². The van der Waals surface area contributed by atoms with Crippen LogP contribution < -0.4 is 10.1 Å². The fraction of sp³-hybridized carbons (Fsp3) is 0.500. The van der Waals surface area contributed by atoms with Crippen molar-refractivity contribution in [2.75, 3.05) is 6.54 Å². The molecule has 120 valence electrons. The van der Waals surface area contributed by atoms with Gasteiger partial charge in [0, 0.05) is 26.3 Å². The standard InChI is InChI=1S/C16H24N4O2/c1-11(2)15(21)10-18-9-14-12(3)19-20(4)16(14)22-13-6-5-7-17-8-13/h5-8,11,15,18,21H,9-10H2,1-4H3. The molecule has 2 N–H and O–H groups in total. The Labute approximate surface area is 131 Å². The van der Waals surface area contributed by atoms with Crippen molar-refractivity contribution in [1.82, 2.24) is 20.1 Å². The Balaban J connectivity index is 2.07. The molecule has 0 aliphatic heterocycles. The smallest absolute Gasteiger partial charge is 0.222 e. The monoisotopic (exact) mass is 304 g/mol. The van der Waals surface area contributed by atoms with Crippen molar-refractivity contribution in [2.24, 2.45) is 13.0 Å². The molecule has 0 aliphatic rings. The number of rotatable bonds is 7. The van der Waals surface area contributed by atoms with Crippen molar-refractivity contribution >= 4 is 0 Å². The predicted molar refractivity (Wildman–Crippen MR) is 84.8 cm³/mol. The van der Waals surface area contributed by atoms with Crippen molar-refractivity contribution in [1.29, 1.82) is 0 Å². The van der Waals surface area contributed by atoms with Crippen LogP contribution in [0.2, 0.25) is 0 Å². The Morgan fingerprint density at radius 1 is 1.41 bits per heavy atom. The van der Waals surface area contributed by atoms with Crippen LogP contribution in [-0.4, -0.2) is 32.5 Å². The molecule has 1 atom stereocenters. The minimum Gasteiger partial charge on any atom is -0.437 e. The van der Waals surface area contributed by atoms with E-state index in [4.69, 9.17) is 4.74 Å².